The molecule has 0 aromatic heterocycles. The fraction of sp³-hybridized carbons (Fsp3) is 0.750. The summed E-state index contributed by atoms with van der Waals surface area (Å²) in [7, 11) is 0. The first-order valence-corrected chi connectivity index (χ1v) is 8.97. The van der Waals surface area contributed by atoms with Crippen molar-refractivity contribution >= 4 is 5.97 Å². The lowest BCUT2D eigenvalue weighted by molar-refractivity contribution is -0.135. The van der Waals surface area contributed by atoms with Gasteiger partial charge in [-0.15, -0.1) is 0 Å². The van der Waals surface area contributed by atoms with Crippen LogP contribution in [-0.4, -0.2) is 23.8 Å². The van der Waals surface area contributed by atoms with Crippen molar-refractivity contribution in [3.8, 4) is 0 Å². The Kier molecular flexibility index (Phi) is 4.20. The number of carbonyl (C=O) groups is 1. The lowest BCUT2D eigenvalue weighted by atomic mass is 9.46. The summed E-state index contributed by atoms with van der Waals surface area (Å²) >= 11 is 0. The molecule has 1 unspecified atom stereocenters. The number of carbonyl (C=O) groups excluding carboxylic acids is 1. The van der Waals surface area contributed by atoms with Crippen LogP contribution in [0.5, 0.6) is 0 Å². The van der Waals surface area contributed by atoms with Crippen molar-refractivity contribution in [1.29, 1.82) is 0 Å². The molecule has 4 atom stereocenters. The third-order valence-corrected chi connectivity index (χ3v) is 6.70. The maximum absolute atomic E-state index is 11.7. The zero-order valence-electron chi connectivity index (χ0n) is 14.7. The molecule has 128 valence electrons. The first-order valence-electron chi connectivity index (χ1n) is 8.97. The van der Waals surface area contributed by atoms with Crippen molar-refractivity contribution in [3.05, 3.63) is 23.8 Å². The number of aliphatic hydroxyl groups is 1. The predicted molar refractivity (Wildman–Crippen MR) is 90.8 cm³/mol. The second-order valence-electron chi connectivity index (χ2n) is 8.66. The van der Waals surface area contributed by atoms with Crippen molar-refractivity contribution in [1.82, 2.24) is 0 Å². The smallest absolute Gasteiger partial charge is 0.333 e. The summed E-state index contributed by atoms with van der Waals surface area (Å²) in [5.41, 5.74) is 2.19. The highest BCUT2D eigenvalue weighted by Gasteiger charge is 2.56. The summed E-state index contributed by atoms with van der Waals surface area (Å²) in [5.74, 6) is 0.488. The maximum Gasteiger partial charge on any atom is 0.333 e. The van der Waals surface area contributed by atoms with Gasteiger partial charge in [0.2, 0.25) is 0 Å². The molecule has 3 nitrogen and oxygen atoms in total. The Morgan fingerprint density at radius 3 is 2.74 bits per heavy atom. The van der Waals surface area contributed by atoms with Crippen molar-refractivity contribution in [2.24, 2.45) is 22.7 Å². The van der Waals surface area contributed by atoms with Crippen LogP contribution in [0.3, 0.4) is 0 Å². The van der Waals surface area contributed by atoms with Crippen molar-refractivity contribution in [2.75, 3.05) is 6.61 Å². The minimum atomic E-state index is -0.289. The fourth-order valence-corrected chi connectivity index (χ4v) is 5.80. The van der Waals surface area contributed by atoms with E-state index in [2.05, 4.69) is 33.4 Å². The van der Waals surface area contributed by atoms with Gasteiger partial charge in [-0.2, -0.15) is 0 Å². The first kappa shape index (κ1) is 16.8. The van der Waals surface area contributed by atoms with Crippen LogP contribution in [0.2, 0.25) is 0 Å². The van der Waals surface area contributed by atoms with E-state index in [1.165, 1.54) is 12.8 Å². The third-order valence-electron chi connectivity index (χ3n) is 6.70. The van der Waals surface area contributed by atoms with Crippen LogP contribution in [0.15, 0.2) is 23.8 Å². The lowest BCUT2D eigenvalue weighted by Crippen LogP contribution is -2.55. The van der Waals surface area contributed by atoms with Gasteiger partial charge in [0.15, 0.2) is 0 Å². The van der Waals surface area contributed by atoms with Gasteiger partial charge < -0.3 is 9.84 Å². The number of esters is 1. The molecule has 1 heterocycles. The predicted octanol–water partition coefficient (Wildman–Crippen LogP) is 4.02. The molecule has 2 aliphatic carbocycles. The Balaban J connectivity index is 1.89. The second-order valence-corrected chi connectivity index (χ2v) is 8.66. The number of hydrogen-bond donors (Lipinski definition) is 1. The Labute approximate surface area is 139 Å². The van der Waals surface area contributed by atoms with Gasteiger partial charge in [0.05, 0.1) is 12.7 Å². The van der Waals surface area contributed by atoms with E-state index in [0.717, 1.165) is 30.4 Å². The molecule has 0 spiro atoms. The van der Waals surface area contributed by atoms with E-state index in [4.69, 9.17) is 4.74 Å². The van der Waals surface area contributed by atoms with E-state index in [-0.39, 0.29) is 22.9 Å². The van der Waals surface area contributed by atoms with Crippen LogP contribution >= 0.6 is 0 Å². The van der Waals surface area contributed by atoms with Gasteiger partial charge in [-0.3, -0.25) is 0 Å². The number of allylic oxidation sites excluding steroid dienone is 1. The van der Waals surface area contributed by atoms with E-state index in [1.54, 1.807) is 0 Å². The van der Waals surface area contributed by atoms with Gasteiger partial charge >= 0.3 is 5.97 Å². The number of rotatable bonds is 2. The summed E-state index contributed by atoms with van der Waals surface area (Å²) in [4.78, 5) is 11.7. The standard InChI is InChI=1S/C20H30O3/c1-13-12-16(21)17-19(2,3)9-5-10-20(17,4)15(13)7-6-14-8-11-23-18(14)22/h6,15-17,21H,1,5,7-12H2,2-4H3/b14-6-/t15-,16+,17?,20+/m0/s1. The SMILES string of the molecule is C=C1C[C@@H](O)C2C(C)(C)CCC[C@]2(C)[C@H]1C/C=C1/CCOC1=O. The van der Waals surface area contributed by atoms with Gasteiger partial charge in [0, 0.05) is 12.0 Å². The molecule has 1 aliphatic heterocycles. The Bertz CT molecular complexity index is 545. The van der Waals surface area contributed by atoms with Crippen LogP contribution in [0.25, 0.3) is 0 Å². The van der Waals surface area contributed by atoms with Gasteiger partial charge in [0.25, 0.3) is 0 Å². The highest BCUT2D eigenvalue weighted by atomic mass is 16.5. The van der Waals surface area contributed by atoms with E-state index >= 15 is 0 Å². The van der Waals surface area contributed by atoms with Gasteiger partial charge in [0.1, 0.15) is 0 Å². The molecule has 0 aromatic carbocycles. The summed E-state index contributed by atoms with van der Waals surface area (Å²) < 4.78 is 5.04. The molecule has 23 heavy (non-hydrogen) atoms. The van der Waals surface area contributed by atoms with Crippen molar-refractivity contribution in [2.45, 2.75) is 65.4 Å². The van der Waals surface area contributed by atoms with E-state index < -0.39 is 0 Å². The number of aliphatic hydroxyl groups excluding tert-OH is 1. The molecule has 1 saturated heterocycles. The van der Waals surface area contributed by atoms with Gasteiger partial charge in [-0.25, -0.2) is 4.79 Å². The van der Waals surface area contributed by atoms with E-state index in [9.17, 15) is 9.90 Å². The molecule has 1 N–H and O–H groups in total. The third kappa shape index (κ3) is 2.77. The maximum atomic E-state index is 11.7. The van der Waals surface area contributed by atoms with Gasteiger partial charge in [-0.05, 0) is 48.3 Å². The summed E-state index contributed by atoms with van der Waals surface area (Å²) in [6.45, 7) is 11.7. The minimum Gasteiger partial charge on any atom is -0.462 e. The molecular weight excluding hydrogens is 288 g/mol. The Morgan fingerprint density at radius 2 is 2.09 bits per heavy atom. The van der Waals surface area contributed by atoms with Crippen LogP contribution in [0.1, 0.15) is 59.3 Å². The normalized spacial score (nSPS) is 41.7. The fourth-order valence-electron chi connectivity index (χ4n) is 5.80. The average Bonchev–Trinajstić information content (AvgIpc) is 2.82. The Hall–Kier alpha value is -1.09. The van der Waals surface area contributed by atoms with E-state index in [0.29, 0.717) is 24.9 Å². The average molecular weight is 318 g/mol. The van der Waals surface area contributed by atoms with Gasteiger partial charge in [-0.1, -0.05) is 45.4 Å². The number of cyclic esters (lactones) is 1. The van der Waals surface area contributed by atoms with Crippen LogP contribution < -0.4 is 0 Å². The number of fused-ring (bicyclic) bond motifs is 1. The summed E-state index contributed by atoms with van der Waals surface area (Å²) in [5, 5.41) is 10.8. The molecule has 3 aliphatic rings. The van der Waals surface area contributed by atoms with Crippen LogP contribution in [-0.2, 0) is 9.53 Å². The quantitative estimate of drug-likeness (QED) is 0.475. The van der Waals surface area contributed by atoms with Crippen LogP contribution in [0.4, 0.5) is 0 Å². The highest BCUT2D eigenvalue weighted by Crippen LogP contribution is 2.61. The molecule has 3 rings (SSSR count). The largest absolute Gasteiger partial charge is 0.462 e. The molecule has 3 heteroatoms. The second kappa shape index (κ2) is 5.77. The zero-order valence-corrected chi connectivity index (χ0v) is 14.7. The molecule has 0 bridgehead atoms. The van der Waals surface area contributed by atoms with Crippen LogP contribution in [0, 0.1) is 22.7 Å². The molecule has 0 radical (unpaired) electrons. The summed E-state index contributed by atoms with van der Waals surface area (Å²) in [6.07, 6.45) is 7.57. The number of ether oxygens (including phenoxy) is 1. The van der Waals surface area contributed by atoms with Crippen molar-refractivity contribution < 1.29 is 14.6 Å². The molecule has 3 fully saturated rings. The first-order chi connectivity index (χ1) is 10.8. The molecule has 0 amide bonds. The molecule has 2 saturated carbocycles. The van der Waals surface area contributed by atoms with Crippen molar-refractivity contribution in [3.63, 3.8) is 0 Å². The zero-order chi connectivity index (χ0) is 16.8. The monoisotopic (exact) mass is 318 g/mol. The molecule has 0 aromatic rings. The Morgan fingerprint density at radius 1 is 1.35 bits per heavy atom. The number of hydrogen-bond acceptors (Lipinski definition) is 3. The summed E-state index contributed by atoms with van der Waals surface area (Å²) in [6, 6.07) is 0. The molecular formula is C20H30O3. The highest BCUT2D eigenvalue weighted by molar-refractivity contribution is 5.90. The minimum absolute atomic E-state index is 0.0655. The topological polar surface area (TPSA) is 46.5 Å². The van der Waals surface area contributed by atoms with E-state index in [1.807, 2.05) is 0 Å². The lowest BCUT2D eigenvalue weighted by Gasteiger charge is -2.59.